The number of hydrogen-bond acceptors (Lipinski definition) is 3. The normalized spacial score (nSPS) is 11.6. The summed E-state index contributed by atoms with van der Waals surface area (Å²) in [5, 5.41) is 12.0. The van der Waals surface area contributed by atoms with Crippen LogP contribution in [0, 0.1) is 0 Å². The Kier molecular flexibility index (Phi) is 4.79. The van der Waals surface area contributed by atoms with Gasteiger partial charge in [-0.3, -0.25) is 0 Å². The molecule has 0 aliphatic carbocycles. The summed E-state index contributed by atoms with van der Waals surface area (Å²) in [7, 11) is 0. The van der Waals surface area contributed by atoms with Crippen molar-refractivity contribution in [2.45, 2.75) is 0 Å². The Morgan fingerprint density at radius 3 is 1.51 bits per heavy atom. The van der Waals surface area contributed by atoms with Crippen LogP contribution in [0.15, 0.2) is 134 Å². The Morgan fingerprint density at radius 1 is 0.410 bits per heavy atom. The fourth-order valence-corrected chi connectivity index (χ4v) is 5.34. The van der Waals surface area contributed by atoms with Gasteiger partial charge >= 0.3 is 0 Å². The van der Waals surface area contributed by atoms with Crippen LogP contribution in [-0.2, 0) is 0 Å². The van der Waals surface area contributed by atoms with Gasteiger partial charge in [0.05, 0.1) is 16.9 Å². The summed E-state index contributed by atoms with van der Waals surface area (Å²) in [5.41, 5.74) is 5.60. The number of nitrogens with zero attached hydrogens (tertiary/aromatic N) is 4. The molecule has 0 fully saturated rings. The second-order valence-corrected chi connectivity index (χ2v) is 9.89. The molecule has 0 saturated carbocycles. The zero-order chi connectivity index (χ0) is 25.8. The predicted molar refractivity (Wildman–Crippen MR) is 160 cm³/mol. The van der Waals surface area contributed by atoms with Crippen molar-refractivity contribution >= 4 is 37.8 Å². The zero-order valence-electron chi connectivity index (χ0n) is 21.0. The standard InChI is InChI=1S/C35H22N4/c1-3-9-25-17-28(15-13-23(25)7-1)32-21-33(29-16-14-24-8-2-4-10-26(24)18-29)37-35(36-32)34-20-31-19-27-11-5-6-12-30(27)22-39(31)38-34/h1-22H. The third-order valence-electron chi connectivity index (χ3n) is 7.37. The molecule has 182 valence electrons. The minimum absolute atomic E-state index is 0.608. The Morgan fingerprint density at radius 2 is 0.923 bits per heavy atom. The van der Waals surface area contributed by atoms with Gasteiger partial charge in [-0.25, -0.2) is 14.5 Å². The summed E-state index contributed by atoms with van der Waals surface area (Å²) in [6.07, 6.45) is 2.06. The van der Waals surface area contributed by atoms with Gasteiger partial charge in [0.15, 0.2) is 5.82 Å². The third-order valence-corrected chi connectivity index (χ3v) is 7.37. The molecule has 0 spiro atoms. The molecule has 0 aliphatic heterocycles. The lowest BCUT2D eigenvalue weighted by Crippen LogP contribution is -1.97. The molecule has 3 heterocycles. The quantitative estimate of drug-likeness (QED) is 0.245. The Bertz CT molecular complexity index is 2040. The van der Waals surface area contributed by atoms with E-state index in [9.17, 15) is 0 Å². The van der Waals surface area contributed by atoms with Crippen molar-refractivity contribution in [3.05, 3.63) is 134 Å². The van der Waals surface area contributed by atoms with Gasteiger partial charge in [-0.2, -0.15) is 5.10 Å². The molecule has 8 rings (SSSR count). The average Bonchev–Trinajstić information content (AvgIpc) is 3.42. The van der Waals surface area contributed by atoms with Crippen LogP contribution in [0.4, 0.5) is 0 Å². The van der Waals surface area contributed by atoms with Gasteiger partial charge < -0.3 is 0 Å². The second kappa shape index (κ2) is 8.61. The van der Waals surface area contributed by atoms with E-state index in [4.69, 9.17) is 15.1 Å². The molecular weight excluding hydrogens is 476 g/mol. The molecule has 0 saturated heterocycles. The van der Waals surface area contributed by atoms with Crippen molar-refractivity contribution in [2.75, 3.05) is 0 Å². The van der Waals surface area contributed by atoms with E-state index in [0.717, 1.165) is 39.1 Å². The first kappa shape index (κ1) is 21.7. The average molecular weight is 499 g/mol. The highest BCUT2D eigenvalue weighted by molar-refractivity contribution is 5.90. The van der Waals surface area contributed by atoms with Crippen molar-refractivity contribution in [3.8, 4) is 34.0 Å². The number of benzene rings is 5. The highest BCUT2D eigenvalue weighted by Gasteiger charge is 2.14. The molecule has 0 unspecified atom stereocenters. The van der Waals surface area contributed by atoms with Crippen LogP contribution >= 0.6 is 0 Å². The summed E-state index contributed by atoms with van der Waals surface area (Å²) < 4.78 is 1.92. The molecule has 3 aromatic heterocycles. The Hall–Kier alpha value is -5.35. The van der Waals surface area contributed by atoms with E-state index in [2.05, 4.69) is 128 Å². The molecule has 0 aliphatic rings. The molecule has 4 heteroatoms. The van der Waals surface area contributed by atoms with Crippen LogP contribution in [0.5, 0.6) is 0 Å². The molecule has 8 aromatic rings. The summed E-state index contributed by atoms with van der Waals surface area (Å²) in [6, 6.07) is 44.4. The molecular formula is C35H22N4. The number of hydrogen-bond donors (Lipinski definition) is 0. The second-order valence-electron chi connectivity index (χ2n) is 9.89. The Balaban J connectivity index is 1.34. The van der Waals surface area contributed by atoms with Gasteiger partial charge in [-0.05, 0) is 57.3 Å². The van der Waals surface area contributed by atoms with Crippen LogP contribution in [0.2, 0.25) is 0 Å². The van der Waals surface area contributed by atoms with E-state index >= 15 is 0 Å². The first-order valence-corrected chi connectivity index (χ1v) is 13.0. The molecule has 0 atom stereocenters. The number of aromatic nitrogens is 4. The number of fused-ring (bicyclic) bond motifs is 4. The smallest absolute Gasteiger partial charge is 0.181 e. The fraction of sp³-hybridized carbons (Fsp3) is 0. The maximum absolute atomic E-state index is 5.05. The van der Waals surface area contributed by atoms with Crippen molar-refractivity contribution in [1.29, 1.82) is 0 Å². The van der Waals surface area contributed by atoms with Crippen LogP contribution < -0.4 is 0 Å². The molecule has 0 bridgehead atoms. The Labute approximate surface area is 224 Å². The lowest BCUT2D eigenvalue weighted by atomic mass is 10.0. The largest absolute Gasteiger partial charge is 0.240 e. The SMILES string of the molecule is c1ccc2cc(-c3cc(-c4ccc5ccccc5c4)nc(-c4cc5cc6ccccc6cn5n4)n3)ccc2c1. The lowest BCUT2D eigenvalue weighted by molar-refractivity contribution is 0.964. The van der Waals surface area contributed by atoms with Gasteiger partial charge in [0.2, 0.25) is 0 Å². The van der Waals surface area contributed by atoms with Crippen LogP contribution in [0.25, 0.3) is 71.9 Å². The predicted octanol–water partition coefficient (Wildman–Crippen LogP) is 8.58. The number of pyridine rings is 1. The lowest BCUT2D eigenvalue weighted by Gasteiger charge is -2.09. The van der Waals surface area contributed by atoms with E-state index in [0.29, 0.717) is 5.82 Å². The topological polar surface area (TPSA) is 43.1 Å². The summed E-state index contributed by atoms with van der Waals surface area (Å²) in [6.45, 7) is 0. The van der Waals surface area contributed by atoms with Gasteiger partial charge in [0.25, 0.3) is 0 Å². The van der Waals surface area contributed by atoms with Crippen molar-refractivity contribution in [2.24, 2.45) is 0 Å². The molecule has 5 aromatic carbocycles. The summed E-state index contributed by atoms with van der Waals surface area (Å²) in [4.78, 5) is 10.1. The first-order chi connectivity index (χ1) is 19.3. The molecule has 0 amide bonds. The van der Waals surface area contributed by atoms with Gasteiger partial charge in [0, 0.05) is 22.7 Å². The maximum atomic E-state index is 5.05. The van der Waals surface area contributed by atoms with E-state index in [-0.39, 0.29) is 0 Å². The van der Waals surface area contributed by atoms with Crippen molar-refractivity contribution in [1.82, 2.24) is 19.6 Å². The number of rotatable bonds is 3. The van der Waals surface area contributed by atoms with Crippen LogP contribution in [0.3, 0.4) is 0 Å². The van der Waals surface area contributed by atoms with E-state index in [1.807, 2.05) is 10.6 Å². The molecule has 0 N–H and O–H groups in total. The molecule has 4 nitrogen and oxygen atoms in total. The van der Waals surface area contributed by atoms with E-state index < -0.39 is 0 Å². The van der Waals surface area contributed by atoms with Gasteiger partial charge in [-0.15, -0.1) is 0 Å². The van der Waals surface area contributed by atoms with Crippen molar-refractivity contribution < 1.29 is 0 Å². The molecule has 39 heavy (non-hydrogen) atoms. The maximum Gasteiger partial charge on any atom is 0.181 e. The van der Waals surface area contributed by atoms with Crippen molar-refractivity contribution in [3.63, 3.8) is 0 Å². The zero-order valence-corrected chi connectivity index (χ0v) is 21.0. The van der Waals surface area contributed by atoms with E-state index in [1.165, 1.54) is 26.9 Å². The third kappa shape index (κ3) is 3.82. The van der Waals surface area contributed by atoms with Crippen LogP contribution in [-0.4, -0.2) is 19.6 Å². The summed E-state index contributed by atoms with van der Waals surface area (Å²) in [5.74, 6) is 0.608. The highest BCUT2D eigenvalue weighted by atomic mass is 15.2. The summed E-state index contributed by atoms with van der Waals surface area (Å²) >= 11 is 0. The van der Waals surface area contributed by atoms with Gasteiger partial charge in [0.1, 0.15) is 5.69 Å². The minimum Gasteiger partial charge on any atom is -0.240 e. The minimum atomic E-state index is 0.608. The fourth-order valence-electron chi connectivity index (χ4n) is 5.34. The van der Waals surface area contributed by atoms with Gasteiger partial charge in [-0.1, -0.05) is 97.1 Å². The van der Waals surface area contributed by atoms with E-state index in [1.54, 1.807) is 0 Å². The molecule has 0 radical (unpaired) electrons. The monoisotopic (exact) mass is 498 g/mol. The first-order valence-electron chi connectivity index (χ1n) is 13.0. The van der Waals surface area contributed by atoms with Crippen LogP contribution in [0.1, 0.15) is 0 Å². The highest BCUT2D eigenvalue weighted by Crippen LogP contribution is 2.31.